The summed E-state index contributed by atoms with van der Waals surface area (Å²) in [4.78, 5) is 14.6. The smallest absolute Gasteiger partial charge is 0.415 e. The van der Waals surface area contributed by atoms with Crippen molar-refractivity contribution >= 4 is 27.7 Å². The second-order valence-electron chi connectivity index (χ2n) is 7.07. The molecule has 0 spiro atoms. The molecular weight excluding hydrogens is 330 g/mol. The zero-order chi connectivity index (χ0) is 15.2. The summed E-state index contributed by atoms with van der Waals surface area (Å²) < 4.78 is 6.71. The molecule has 1 atom stereocenters. The summed E-state index contributed by atoms with van der Waals surface area (Å²) in [5.41, 5.74) is 1.79. The zero-order valence-corrected chi connectivity index (χ0v) is 14.4. The second-order valence-corrected chi connectivity index (χ2v) is 7.98. The first kappa shape index (κ1) is 14.9. The number of ether oxygens (including phenoxy) is 1. The van der Waals surface area contributed by atoms with Gasteiger partial charge in [-0.1, -0.05) is 15.9 Å². The minimum Gasteiger partial charge on any atom is -0.443 e. The van der Waals surface area contributed by atoms with Crippen LogP contribution in [0.15, 0.2) is 22.7 Å². The fraction of sp³-hybridized carbons (Fsp3) is 0.588. The molecule has 3 nitrogen and oxygen atoms in total. The van der Waals surface area contributed by atoms with Gasteiger partial charge in [0.1, 0.15) is 5.60 Å². The van der Waals surface area contributed by atoms with Gasteiger partial charge >= 0.3 is 6.09 Å². The fourth-order valence-corrected chi connectivity index (χ4v) is 3.48. The largest absolute Gasteiger partial charge is 0.443 e. The van der Waals surface area contributed by atoms with E-state index in [1.807, 2.05) is 37.8 Å². The number of aryl methyl sites for hydroxylation is 1. The van der Waals surface area contributed by atoms with Crippen LogP contribution in [-0.2, 0) is 11.2 Å². The van der Waals surface area contributed by atoms with Gasteiger partial charge in [0.25, 0.3) is 0 Å². The van der Waals surface area contributed by atoms with Crippen LogP contribution < -0.4 is 4.90 Å². The molecule has 21 heavy (non-hydrogen) atoms. The molecule has 1 amide bonds. The summed E-state index contributed by atoms with van der Waals surface area (Å²) in [6, 6.07) is 6.47. The normalized spacial score (nSPS) is 21.9. The Labute approximate surface area is 134 Å². The van der Waals surface area contributed by atoms with Crippen LogP contribution in [-0.4, -0.2) is 17.7 Å². The van der Waals surface area contributed by atoms with Gasteiger partial charge in [-0.2, -0.15) is 0 Å². The Morgan fingerprint density at radius 3 is 2.62 bits per heavy atom. The standard InChI is InChI=1S/C17H22BrNO2/c1-17(2,3)21-16(20)19-14(11-4-5-11)8-6-12-10-13(18)7-9-15(12)19/h7,9-11,14H,4-6,8H2,1-3H3. The average Bonchev–Trinajstić information content (AvgIpc) is 3.19. The van der Waals surface area contributed by atoms with E-state index in [4.69, 9.17) is 4.74 Å². The third-order valence-corrected chi connectivity index (χ3v) is 4.59. The van der Waals surface area contributed by atoms with Gasteiger partial charge in [-0.3, -0.25) is 4.90 Å². The molecule has 1 fully saturated rings. The van der Waals surface area contributed by atoms with Crippen LogP contribution in [0.2, 0.25) is 0 Å². The lowest BCUT2D eigenvalue weighted by Crippen LogP contribution is -2.47. The van der Waals surface area contributed by atoms with Gasteiger partial charge in [-0.15, -0.1) is 0 Å². The van der Waals surface area contributed by atoms with Crippen molar-refractivity contribution in [2.45, 2.75) is 58.1 Å². The van der Waals surface area contributed by atoms with Crippen LogP contribution in [0, 0.1) is 5.92 Å². The molecule has 114 valence electrons. The van der Waals surface area contributed by atoms with Crippen LogP contribution in [0.25, 0.3) is 0 Å². The second kappa shape index (κ2) is 5.31. The van der Waals surface area contributed by atoms with Gasteiger partial charge in [0.15, 0.2) is 0 Å². The number of halogens is 1. The van der Waals surface area contributed by atoms with Crippen molar-refractivity contribution in [2.24, 2.45) is 5.92 Å². The monoisotopic (exact) mass is 351 g/mol. The van der Waals surface area contributed by atoms with Crippen molar-refractivity contribution in [1.29, 1.82) is 0 Å². The summed E-state index contributed by atoms with van der Waals surface area (Å²) in [7, 11) is 0. The van der Waals surface area contributed by atoms with E-state index in [0.29, 0.717) is 12.0 Å². The molecule has 4 heteroatoms. The lowest BCUT2D eigenvalue weighted by molar-refractivity contribution is 0.0556. The number of carbonyl (C=O) groups excluding carboxylic acids is 1. The predicted octanol–water partition coefficient (Wildman–Crippen LogP) is 4.92. The SMILES string of the molecule is CC(C)(C)OC(=O)N1c2ccc(Br)cc2CCC1C1CC1. The van der Waals surface area contributed by atoms with Crippen molar-refractivity contribution in [2.75, 3.05) is 4.90 Å². The number of hydrogen-bond donors (Lipinski definition) is 0. The Morgan fingerprint density at radius 2 is 2.00 bits per heavy atom. The minimum absolute atomic E-state index is 0.206. The number of hydrogen-bond acceptors (Lipinski definition) is 2. The Balaban J connectivity index is 1.94. The highest BCUT2D eigenvalue weighted by atomic mass is 79.9. The molecule has 0 aromatic heterocycles. The highest BCUT2D eigenvalue weighted by Gasteiger charge is 2.42. The minimum atomic E-state index is -0.460. The molecule has 0 radical (unpaired) electrons. The molecule has 1 saturated carbocycles. The van der Waals surface area contributed by atoms with Crippen LogP contribution >= 0.6 is 15.9 Å². The molecule has 1 aromatic carbocycles. The highest BCUT2D eigenvalue weighted by Crippen LogP contribution is 2.43. The van der Waals surface area contributed by atoms with E-state index in [2.05, 4.69) is 22.0 Å². The van der Waals surface area contributed by atoms with E-state index in [1.54, 1.807) is 0 Å². The van der Waals surface area contributed by atoms with Crippen molar-refractivity contribution in [3.63, 3.8) is 0 Å². The quantitative estimate of drug-likeness (QED) is 0.718. The van der Waals surface area contributed by atoms with E-state index in [0.717, 1.165) is 23.0 Å². The summed E-state index contributed by atoms with van der Waals surface area (Å²) in [6.07, 6.45) is 4.33. The first-order valence-electron chi connectivity index (χ1n) is 7.66. The number of rotatable bonds is 1. The lowest BCUT2D eigenvalue weighted by atomic mass is 9.93. The molecular formula is C17H22BrNO2. The highest BCUT2D eigenvalue weighted by molar-refractivity contribution is 9.10. The molecule has 2 aliphatic rings. The Kier molecular flexibility index (Phi) is 3.76. The Bertz CT molecular complexity index is 560. The third kappa shape index (κ3) is 3.25. The first-order valence-corrected chi connectivity index (χ1v) is 8.45. The maximum absolute atomic E-state index is 12.7. The first-order chi connectivity index (χ1) is 9.85. The fourth-order valence-electron chi connectivity index (χ4n) is 3.07. The molecule has 1 heterocycles. The van der Waals surface area contributed by atoms with Gasteiger partial charge in [0.2, 0.25) is 0 Å². The van der Waals surface area contributed by atoms with E-state index >= 15 is 0 Å². The van der Waals surface area contributed by atoms with Gasteiger partial charge in [0, 0.05) is 10.5 Å². The number of fused-ring (bicyclic) bond motifs is 1. The molecule has 0 bridgehead atoms. The van der Waals surface area contributed by atoms with E-state index in [-0.39, 0.29) is 6.09 Å². The van der Waals surface area contributed by atoms with Crippen LogP contribution in [0.3, 0.4) is 0 Å². The number of anilines is 1. The van der Waals surface area contributed by atoms with Crippen molar-refractivity contribution in [3.8, 4) is 0 Å². The van der Waals surface area contributed by atoms with Gasteiger partial charge in [0.05, 0.1) is 5.69 Å². The Morgan fingerprint density at radius 1 is 1.29 bits per heavy atom. The van der Waals surface area contributed by atoms with E-state index in [1.165, 1.54) is 18.4 Å². The van der Waals surface area contributed by atoms with Gasteiger partial charge in [-0.25, -0.2) is 4.79 Å². The van der Waals surface area contributed by atoms with E-state index in [9.17, 15) is 4.79 Å². The van der Waals surface area contributed by atoms with Crippen LogP contribution in [0.5, 0.6) is 0 Å². The topological polar surface area (TPSA) is 29.5 Å². The molecule has 3 rings (SSSR count). The maximum atomic E-state index is 12.7. The molecule has 1 aliphatic heterocycles. The number of amides is 1. The van der Waals surface area contributed by atoms with Crippen LogP contribution in [0.1, 0.15) is 45.6 Å². The number of carbonyl (C=O) groups is 1. The van der Waals surface area contributed by atoms with Crippen LogP contribution in [0.4, 0.5) is 10.5 Å². The van der Waals surface area contributed by atoms with Gasteiger partial charge in [-0.05, 0) is 76.1 Å². The average molecular weight is 352 g/mol. The number of nitrogens with zero attached hydrogens (tertiary/aromatic N) is 1. The summed E-state index contributed by atoms with van der Waals surface area (Å²) in [6.45, 7) is 5.76. The molecule has 1 unspecified atom stereocenters. The summed E-state index contributed by atoms with van der Waals surface area (Å²) in [5.74, 6) is 0.648. The molecule has 1 aromatic rings. The lowest BCUT2D eigenvalue weighted by Gasteiger charge is -2.38. The summed E-state index contributed by atoms with van der Waals surface area (Å²) in [5, 5.41) is 0. The molecule has 0 saturated heterocycles. The molecule has 0 N–H and O–H groups in total. The maximum Gasteiger partial charge on any atom is 0.415 e. The predicted molar refractivity (Wildman–Crippen MR) is 87.7 cm³/mol. The van der Waals surface area contributed by atoms with Crippen molar-refractivity contribution in [3.05, 3.63) is 28.2 Å². The zero-order valence-electron chi connectivity index (χ0n) is 12.9. The van der Waals surface area contributed by atoms with Crippen molar-refractivity contribution < 1.29 is 9.53 Å². The summed E-state index contributed by atoms with van der Waals surface area (Å²) >= 11 is 3.52. The molecule has 1 aliphatic carbocycles. The number of benzene rings is 1. The van der Waals surface area contributed by atoms with E-state index < -0.39 is 5.60 Å². The van der Waals surface area contributed by atoms with Crippen molar-refractivity contribution in [1.82, 2.24) is 0 Å². The Hall–Kier alpha value is -1.03. The van der Waals surface area contributed by atoms with Gasteiger partial charge < -0.3 is 4.74 Å². The third-order valence-electron chi connectivity index (χ3n) is 4.10.